The van der Waals surface area contributed by atoms with E-state index >= 15 is 0 Å². The van der Waals surface area contributed by atoms with E-state index in [2.05, 4.69) is 29.3 Å². The molecule has 1 N–H and O–H groups in total. The number of methoxy groups -OCH3 is 1. The highest BCUT2D eigenvalue weighted by atomic mass is 16.5. The van der Waals surface area contributed by atoms with Crippen molar-refractivity contribution in [2.45, 2.75) is 25.4 Å². The van der Waals surface area contributed by atoms with Gasteiger partial charge >= 0.3 is 0 Å². The van der Waals surface area contributed by atoms with E-state index in [0.29, 0.717) is 12.1 Å². The van der Waals surface area contributed by atoms with Gasteiger partial charge in [-0.05, 0) is 31.2 Å². The minimum Gasteiger partial charge on any atom is -0.497 e. The number of morpholine rings is 1. The van der Waals surface area contributed by atoms with Gasteiger partial charge in [-0.3, -0.25) is 4.90 Å². The molecule has 20 heavy (non-hydrogen) atoms. The first kappa shape index (κ1) is 15.3. The quantitative estimate of drug-likeness (QED) is 0.863. The minimum atomic E-state index is 0.341. The second-order valence-electron chi connectivity index (χ2n) is 5.25. The van der Waals surface area contributed by atoms with Crippen molar-refractivity contribution in [3.05, 3.63) is 29.8 Å². The van der Waals surface area contributed by atoms with Gasteiger partial charge < -0.3 is 14.8 Å². The molecule has 0 radical (unpaired) electrons. The lowest BCUT2D eigenvalue weighted by Crippen LogP contribution is -2.48. The third-order valence-corrected chi connectivity index (χ3v) is 4.10. The Bertz CT molecular complexity index is 394. The van der Waals surface area contributed by atoms with Crippen LogP contribution < -0.4 is 10.1 Å². The maximum atomic E-state index is 5.58. The summed E-state index contributed by atoms with van der Waals surface area (Å²) in [5.41, 5.74) is 1.30. The van der Waals surface area contributed by atoms with Gasteiger partial charge in [0.15, 0.2) is 0 Å². The molecular formula is C16H26N2O2. The lowest BCUT2D eigenvalue weighted by Gasteiger charge is -2.37. The molecule has 1 saturated heterocycles. The molecule has 0 aliphatic carbocycles. The Labute approximate surface area is 122 Å². The Morgan fingerprint density at radius 1 is 1.40 bits per heavy atom. The average molecular weight is 278 g/mol. The van der Waals surface area contributed by atoms with E-state index in [9.17, 15) is 0 Å². The zero-order valence-electron chi connectivity index (χ0n) is 12.8. The van der Waals surface area contributed by atoms with Gasteiger partial charge in [0.2, 0.25) is 0 Å². The largest absolute Gasteiger partial charge is 0.497 e. The highest BCUT2D eigenvalue weighted by Crippen LogP contribution is 2.20. The number of benzene rings is 1. The SMILES string of the molecule is CCC1COCCN1CC(NC)c1ccc(OC)cc1. The van der Waals surface area contributed by atoms with Crippen LogP contribution in [0.15, 0.2) is 24.3 Å². The molecule has 2 rings (SSSR count). The average Bonchev–Trinajstić information content (AvgIpc) is 2.53. The maximum Gasteiger partial charge on any atom is 0.118 e. The van der Waals surface area contributed by atoms with Crippen LogP contribution in [-0.2, 0) is 4.74 Å². The first-order chi connectivity index (χ1) is 9.78. The third kappa shape index (κ3) is 3.72. The molecule has 1 aromatic carbocycles. The smallest absolute Gasteiger partial charge is 0.118 e. The van der Waals surface area contributed by atoms with Crippen LogP contribution in [0.5, 0.6) is 5.75 Å². The van der Waals surface area contributed by atoms with Crippen molar-refractivity contribution in [2.75, 3.05) is 40.5 Å². The molecule has 0 aromatic heterocycles. The van der Waals surface area contributed by atoms with E-state index in [1.165, 1.54) is 5.56 Å². The van der Waals surface area contributed by atoms with Crippen molar-refractivity contribution in [1.29, 1.82) is 0 Å². The van der Waals surface area contributed by atoms with Crippen molar-refractivity contribution in [1.82, 2.24) is 10.2 Å². The summed E-state index contributed by atoms with van der Waals surface area (Å²) in [6.45, 7) is 5.97. The summed E-state index contributed by atoms with van der Waals surface area (Å²) in [5.74, 6) is 0.904. The molecule has 0 bridgehead atoms. The second kappa shape index (κ2) is 7.62. The number of nitrogens with zero attached hydrogens (tertiary/aromatic N) is 1. The molecule has 1 heterocycles. The molecule has 2 unspecified atom stereocenters. The van der Waals surface area contributed by atoms with Crippen molar-refractivity contribution in [2.24, 2.45) is 0 Å². The van der Waals surface area contributed by atoms with Crippen molar-refractivity contribution in [3.8, 4) is 5.75 Å². The highest BCUT2D eigenvalue weighted by molar-refractivity contribution is 5.29. The fraction of sp³-hybridized carbons (Fsp3) is 0.625. The number of rotatable bonds is 6. The van der Waals surface area contributed by atoms with Crippen molar-refractivity contribution >= 4 is 0 Å². The van der Waals surface area contributed by atoms with Crippen LogP contribution in [0.25, 0.3) is 0 Å². The Morgan fingerprint density at radius 2 is 2.15 bits per heavy atom. The number of ether oxygens (including phenoxy) is 2. The molecule has 0 saturated carbocycles. The summed E-state index contributed by atoms with van der Waals surface area (Å²) < 4.78 is 10.8. The molecule has 0 spiro atoms. The predicted octanol–water partition coefficient (Wildman–Crippen LogP) is 2.07. The van der Waals surface area contributed by atoms with Gasteiger partial charge in [0.1, 0.15) is 5.75 Å². The van der Waals surface area contributed by atoms with Gasteiger partial charge in [-0.1, -0.05) is 19.1 Å². The molecular weight excluding hydrogens is 252 g/mol. The van der Waals surface area contributed by atoms with Crippen LogP contribution in [0.2, 0.25) is 0 Å². The predicted molar refractivity (Wildman–Crippen MR) is 81.3 cm³/mol. The van der Waals surface area contributed by atoms with E-state index < -0.39 is 0 Å². The van der Waals surface area contributed by atoms with Crippen LogP contribution >= 0.6 is 0 Å². The third-order valence-electron chi connectivity index (χ3n) is 4.10. The maximum absolute atomic E-state index is 5.58. The topological polar surface area (TPSA) is 33.7 Å². The van der Waals surface area contributed by atoms with E-state index in [1.54, 1.807) is 7.11 Å². The molecule has 4 nitrogen and oxygen atoms in total. The molecule has 4 heteroatoms. The molecule has 1 aliphatic heterocycles. The monoisotopic (exact) mass is 278 g/mol. The van der Waals surface area contributed by atoms with Crippen molar-refractivity contribution in [3.63, 3.8) is 0 Å². The van der Waals surface area contributed by atoms with E-state index in [1.807, 2.05) is 19.2 Å². The number of hydrogen-bond acceptors (Lipinski definition) is 4. The fourth-order valence-corrected chi connectivity index (χ4v) is 2.74. The standard InChI is InChI=1S/C16H26N2O2/c1-4-14-12-20-10-9-18(14)11-16(17-2)13-5-7-15(19-3)8-6-13/h5-8,14,16-17H,4,9-12H2,1-3H3. The van der Waals surface area contributed by atoms with Gasteiger partial charge in [0.05, 0.1) is 20.3 Å². The summed E-state index contributed by atoms with van der Waals surface area (Å²) in [6.07, 6.45) is 1.14. The summed E-state index contributed by atoms with van der Waals surface area (Å²) in [6, 6.07) is 9.21. The van der Waals surface area contributed by atoms with Crippen LogP contribution in [0.3, 0.4) is 0 Å². The van der Waals surface area contributed by atoms with Crippen LogP contribution in [-0.4, -0.2) is 51.4 Å². The number of nitrogens with one attached hydrogen (secondary N) is 1. The van der Waals surface area contributed by atoms with Gasteiger partial charge in [0.25, 0.3) is 0 Å². The van der Waals surface area contributed by atoms with E-state index in [0.717, 1.165) is 38.5 Å². The molecule has 1 fully saturated rings. The van der Waals surface area contributed by atoms with Gasteiger partial charge in [-0.15, -0.1) is 0 Å². The van der Waals surface area contributed by atoms with Gasteiger partial charge in [0, 0.05) is 25.2 Å². The normalized spacial score (nSPS) is 21.6. The van der Waals surface area contributed by atoms with Gasteiger partial charge in [-0.25, -0.2) is 0 Å². The van der Waals surface area contributed by atoms with Crippen LogP contribution in [0, 0.1) is 0 Å². The number of hydrogen-bond donors (Lipinski definition) is 1. The first-order valence-electron chi connectivity index (χ1n) is 7.41. The zero-order valence-corrected chi connectivity index (χ0v) is 12.8. The van der Waals surface area contributed by atoms with Crippen molar-refractivity contribution < 1.29 is 9.47 Å². The Hall–Kier alpha value is -1.10. The summed E-state index contributed by atoms with van der Waals surface area (Å²) >= 11 is 0. The fourth-order valence-electron chi connectivity index (χ4n) is 2.74. The molecule has 2 atom stereocenters. The molecule has 0 amide bonds. The number of likely N-dealkylation sites (N-methyl/N-ethyl adjacent to an activating group) is 1. The minimum absolute atomic E-state index is 0.341. The Morgan fingerprint density at radius 3 is 2.75 bits per heavy atom. The molecule has 112 valence electrons. The Balaban J connectivity index is 2.03. The molecule has 1 aliphatic rings. The first-order valence-corrected chi connectivity index (χ1v) is 7.41. The zero-order chi connectivity index (χ0) is 14.4. The van der Waals surface area contributed by atoms with Crippen LogP contribution in [0.1, 0.15) is 24.9 Å². The van der Waals surface area contributed by atoms with Crippen LogP contribution in [0.4, 0.5) is 0 Å². The summed E-state index contributed by atoms with van der Waals surface area (Å²) in [5, 5.41) is 3.42. The lowest BCUT2D eigenvalue weighted by molar-refractivity contribution is -0.0124. The van der Waals surface area contributed by atoms with E-state index in [4.69, 9.17) is 9.47 Å². The lowest BCUT2D eigenvalue weighted by atomic mass is 10.0. The van der Waals surface area contributed by atoms with Gasteiger partial charge in [-0.2, -0.15) is 0 Å². The second-order valence-corrected chi connectivity index (χ2v) is 5.25. The Kier molecular flexibility index (Phi) is 5.83. The summed E-state index contributed by atoms with van der Waals surface area (Å²) in [4.78, 5) is 2.54. The molecule has 1 aromatic rings. The van der Waals surface area contributed by atoms with E-state index in [-0.39, 0.29) is 0 Å². The summed E-state index contributed by atoms with van der Waals surface area (Å²) in [7, 11) is 3.72. The highest BCUT2D eigenvalue weighted by Gasteiger charge is 2.24.